The number of carbonyl (C=O) groups excluding carboxylic acids is 1. The van der Waals surface area contributed by atoms with E-state index in [9.17, 15) is 9.59 Å². The van der Waals surface area contributed by atoms with Gasteiger partial charge in [0.2, 0.25) is 5.91 Å². The normalized spacial score (nSPS) is 10.5. The van der Waals surface area contributed by atoms with Gasteiger partial charge in [-0.25, -0.2) is 4.68 Å². The molecule has 0 spiro atoms. The molecule has 0 aliphatic rings. The molecule has 0 bridgehead atoms. The van der Waals surface area contributed by atoms with Crippen molar-refractivity contribution < 1.29 is 14.3 Å². The first-order valence-corrected chi connectivity index (χ1v) is 9.71. The first-order valence-electron chi connectivity index (χ1n) is 9.71. The Morgan fingerprint density at radius 1 is 1.00 bits per heavy atom. The molecule has 0 saturated carbocycles. The predicted molar refractivity (Wildman–Crippen MR) is 115 cm³/mol. The summed E-state index contributed by atoms with van der Waals surface area (Å²) in [5, 5.41) is 7.31. The van der Waals surface area contributed by atoms with Gasteiger partial charge in [0.15, 0.2) is 0 Å². The summed E-state index contributed by atoms with van der Waals surface area (Å²) in [6.07, 6.45) is 0.827. The molecule has 1 amide bonds. The Hall–Kier alpha value is -3.61. The zero-order valence-corrected chi connectivity index (χ0v) is 17.1. The molecule has 30 heavy (non-hydrogen) atoms. The van der Waals surface area contributed by atoms with Crippen molar-refractivity contribution in [1.82, 2.24) is 15.1 Å². The van der Waals surface area contributed by atoms with E-state index in [1.807, 2.05) is 48.5 Å². The van der Waals surface area contributed by atoms with Crippen molar-refractivity contribution in [2.75, 3.05) is 14.2 Å². The lowest BCUT2D eigenvalue weighted by atomic mass is 10.1. The number of amides is 1. The summed E-state index contributed by atoms with van der Waals surface area (Å²) in [4.78, 5) is 24.3. The van der Waals surface area contributed by atoms with Gasteiger partial charge in [0.1, 0.15) is 11.5 Å². The average Bonchev–Trinajstić information content (AvgIpc) is 2.79. The van der Waals surface area contributed by atoms with Crippen LogP contribution < -0.4 is 20.3 Å². The third-order valence-corrected chi connectivity index (χ3v) is 4.65. The Bertz CT molecular complexity index is 1040. The van der Waals surface area contributed by atoms with Crippen molar-refractivity contribution in [2.24, 2.45) is 0 Å². The number of aromatic nitrogens is 2. The number of benzene rings is 2. The number of hydrogen-bond acceptors (Lipinski definition) is 5. The van der Waals surface area contributed by atoms with Gasteiger partial charge in [0, 0.05) is 31.1 Å². The van der Waals surface area contributed by atoms with Crippen molar-refractivity contribution >= 4 is 5.91 Å². The molecule has 1 heterocycles. The zero-order valence-electron chi connectivity index (χ0n) is 17.1. The van der Waals surface area contributed by atoms with Crippen LogP contribution in [0.2, 0.25) is 0 Å². The number of nitrogens with zero attached hydrogens (tertiary/aromatic N) is 2. The van der Waals surface area contributed by atoms with E-state index in [-0.39, 0.29) is 11.5 Å². The Morgan fingerprint density at radius 2 is 1.77 bits per heavy atom. The first kappa shape index (κ1) is 21.1. The molecule has 3 rings (SSSR count). The van der Waals surface area contributed by atoms with Gasteiger partial charge >= 0.3 is 0 Å². The molecule has 0 radical (unpaired) electrons. The number of hydrogen-bond donors (Lipinski definition) is 1. The van der Waals surface area contributed by atoms with E-state index in [1.165, 1.54) is 10.7 Å². The molecule has 3 aromatic rings. The van der Waals surface area contributed by atoms with E-state index in [0.29, 0.717) is 31.6 Å². The predicted octanol–water partition coefficient (Wildman–Crippen LogP) is 3.02. The number of aryl methyl sites for hydroxylation is 1. The topological polar surface area (TPSA) is 82.5 Å². The fraction of sp³-hybridized carbons (Fsp3) is 0.261. The van der Waals surface area contributed by atoms with Crippen LogP contribution in [-0.2, 0) is 17.9 Å². The number of ether oxygens (including phenoxy) is 2. The third kappa shape index (κ3) is 5.70. The van der Waals surface area contributed by atoms with Crippen molar-refractivity contribution in [2.45, 2.75) is 25.9 Å². The molecule has 1 N–H and O–H groups in total. The molecular weight excluding hydrogens is 382 g/mol. The lowest BCUT2D eigenvalue weighted by molar-refractivity contribution is -0.121. The highest BCUT2D eigenvalue weighted by Gasteiger charge is 2.06. The van der Waals surface area contributed by atoms with Crippen LogP contribution in [0.1, 0.15) is 18.4 Å². The Morgan fingerprint density at radius 3 is 2.50 bits per heavy atom. The van der Waals surface area contributed by atoms with Crippen molar-refractivity contribution in [3.63, 3.8) is 0 Å². The van der Waals surface area contributed by atoms with E-state index in [0.717, 1.165) is 22.6 Å². The number of nitrogens with one attached hydrogen (secondary N) is 1. The van der Waals surface area contributed by atoms with E-state index < -0.39 is 0 Å². The van der Waals surface area contributed by atoms with Gasteiger partial charge in [-0.05, 0) is 54.4 Å². The van der Waals surface area contributed by atoms with Crippen LogP contribution in [0.15, 0.2) is 65.5 Å². The van der Waals surface area contributed by atoms with E-state index in [1.54, 1.807) is 20.3 Å². The third-order valence-electron chi connectivity index (χ3n) is 4.65. The second kappa shape index (κ2) is 10.2. The molecular formula is C23H25N3O4. The highest BCUT2D eigenvalue weighted by Crippen LogP contribution is 2.19. The molecule has 156 valence electrons. The van der Waals surface area contributed by atoms with Crippen LogP contribution in [-0.4, -0.2) is 29.9 Å². The fourth-order valence-electron chi connectivity index (χ4n) is 2.99. The van der Waals surface area contributed by atoms with E-state index in [2.05, 4.69) is 10.4 Å². The summed E-state index contributed by atoms with van der Waals surface area (Å²) < 4.78 is 11.7. The molecule has 0 atom stereocenters. The Balaban J connectivity index is 1.53. The lowest BCUT2D eigenvalue weighted by Gasteiger charge is -2.09. The molecule has 0 unspecified atom stereocenters. The van der Waals surface area contributed by atoms with Crippen LogP contribution in [0.4, 0.5) is 0 Å². The minimum Gasteiger partial charge on any atom is -0.497 e. The molecule has 1 aromatic heterocycles. The van der Waals surface area contributed by atoms with Crippen LogP contribution in [0.25, 0.3) is 11.3 Å². The smallest absolute Gasteiger partial charge is 0.266 e. The van der Waals surface area contributed by atoms with Crippen LogP contribution in [0.3, 0.4) is 0 Å². The summed E-state index contributed by atoms with van der Waals surface area (Å²) in [5.74, 6) is 1.44. The number of methoxy groups -OCH3 is 2. The van der Waals surface area contributed by atoms with Gasteiger partial charge in [0.05, 0.1) is 19.9 Å². The van der Waals surface area contributed by atoms with Crippen LogP contribution in [0, 0.1) is 0 Å². The van der Waals surface area contributed by atoms with Gasteiger partial charge < -0.3 is 14.8 Å². The van der Waals surface area contributed by atoms with Crippen LogP contribution in [0.5, 0.6) is 11.5 Å². The van der Waals surface area contributed by atoms with Crippen LogP contribution >= 0.6 is 0 Å². The summed E-state index contributed by atoms with van der Waals surface area (Å²) in [5.41, 5.74) is 2.36. The summed E-state index contributed by atoms with van der Waals surface area (Å²) in [6, 6.07) is 18.2. The van der Waals surface area contributed by atoms with E-state index >= 15 is 0 Å². The molecule has 0 aliphatic heterocycles. The Labute approximate surface area is 175 Å². The number of rotatable bonds is 9. The fourth-order valence-corrected chi connectivity index (χ4v) is 2.99. The highest BCUT2D eigenvalue weighted by molar-refractivity contribution is 5.75. The molecule has 0 fully saturated rings. The molecule has 0 aliphatic carbocycles. The SMILES string of the molecule is COc1ccc(-c2ccc(=O)n(CCCC(=O)NCc3cccc(OC)c3)n2)cc1. The minimum absolute atomic E-state index is 0.0721. The summed E-state index contributed by atoms with van der Waals surface area (Å²) >= 11 is 0. The van der Waals surface area contributed by atoms with Crippen molar-refractivity contribution in [3.8, 4) is 22.8 Å². The number of carbonyl (C=O) groups is 1. The second-order valence-electron chi connectivity index (χ2n) is 6.74. The highest BCUT2D eigenvalue weighted by atomic mass is 16.5. The second-order valence-corrected chi connectivity index (χ2v) is 6.74. The maximum Gasteiger partial charge on any atom is 0.266 e. The van der Waals surface area contributed by atoms with Gasteiger partial charge in [0.25, 0.3) is 5.56 Å². The van der Waals surface area contributed by atoms with E-state index in [4.69, 9.17) is 9.47 Å². The van der Waals surface area contributed by atoms with Crippen molar-refractivity contribution in [3.05, 3.63) is 76.6 Å². The summed E-state index contributed by atoms with van der Waals surface area (Å²) in [7, 11) is 3.22. The minimum atomic E-state index is -0.191. The monoisotopic (exact) mass is 407 g/mol. The molecule has 2 aromatic carbocycles. The standard InChI is InChI=1S/C23H25N3O4/c1-29-19-10-8-18(9-11-19)21-12-13-23(28)26(25-21)14-4-7-22(27)24-16-17-5-3-6-20(15-17)30-2/h3,5-6,8-13,15H,4,7,14,16H2,1-2H3,(H,24,27). The van der Waals surface area contributed by atoms with Gasteiger partial charge in [-0.15, -0.1) is 0 Å². The first-order chi connectivity index (χ1) is 14.6. The molecule has 7 heteroatoms. The largest absolute Gasteiger partial charge is 0.497 e. The average molecular weight is 407 g/mol. The van der Waals surface area contributed by atoms with Gasteiger partial charge in [-0.3, -0.25) is 9.59 Å². The lowest BCUT2D eigenvalue weighted by Crippen LogP contribution is -2.25. The molecule has 0 saturated heterocycles. The molecule has 7 nitrogen and oxygen atoms in total. The van der Waals surface area contributed by atoms with Gasteiger partial charge in [-0.2, -0.15) is 5.10 Å². The quantitative estimate of drug-likeness (QED) is 0.590. The Kier molecular flexibility index (Phi) is 7.21. The summed E-state index contributed by atoms with van der Waals surface area (Å²) in [6.45, 7) is 0.802. The maximum absolute atomic E-state index is 12.1. The zero-order chi connectivity index (χ0) is 21.3. The maximum atomic E-state index is 12.1. The van der Waals surface area contributed by atoms with Crippen molar-refractivity contribution in [1.29, 1.82) is 0 Å². The van der Waals surface area contributed by atoms with Gasteiger partial charge in [-0.1, -0.05) is 12.1 Å².